The Morgan fingerprint density at radius 3 is 1.20 bits per heavy atom. The molecule has 15 rings (SSSR count). The van der Waals surface area contributed by atoms with Crippen LogP contribution in [-0.4, -0.2) is 184 Å². The van der Waals surface area contributed by atoms with Crippen molar-refractivity contribution in [2.75, 3.05) is 110 Å². The summed E-state index contributed by atoms with van der Waals surface area (Å²) < 4.78 is 30.2. The number of piperidine rings is 3. The van der Waals surface area contributed by atoms with E-state index < -0.39 is 11.2 Å². The second-order valence-corrected chi connectivity index (χ2v) is 29.3. The number of aromatic nitrogens is 12. The highest BCUT2D eigenvalue weighted by molar-refractivity contribution is 6.18. The zero-order valence-electron chi connectivity index (χ0n) is 62.0. The standard InChI is InChI=1S/C25H33N7O2.C25H30N6O4.C20H22N6O2.C4H10ClN.2CH4.2ClH/c1-15-6-7-19-18(14-15)16(2)23(34-19)22-20-21(25(33)28-27-24(20)26)29-32(22)17-8-12-31(13-9-17)11-5-10-30(3)4;1-13-6-7-17-16(12-13)14(2)21(34-17)20-18-19(23(32)28-27-22(18)26)29-31(20)15-8-10-30(11-9-15)24(33)35-25(3,4)5;1-10-3-4-14-13(9-10)11(2)18(28-14)17-15-16(20(27)24-23-19(15)21)25-26(17)12-5-7-22-8-6-12;1-6(2)4-3-5;;;;/h6-7,14,17H,5,8-13H2,1-4H3,(H2,26,27)(H,28,33);6-7,12,15H,8-11H2,1-5H3,(H2,26,27)(H,28,32);3-4,9,12,22H,5-8H2,1-2H3,(H2,21,23)(H,24,27);3-4H2,1-2H3;2*1H4;2*1H. The number of hydrogen-bond acceptors (Lipinski definition) is 21. The number of nitrogens with one attached hydrogen (secondary N) is 4. The Morgan fingerprint density at radius 1 is 0.542 bits per heavy atom. The number of carbonyl (C=O) groups is 1. The second-order valence-electron chi connectivity index (χ2n) is 28.9. The van der Waals surface area contributed by atoms with E-state index >= 15 is 0 Å². The summed E-state index contributed by atoms with van der Waals surface area (Å²) in [7, 11) is 8.23. The lowest BCUT2D eigenvalue weighted by Gasteiger charge is -2.34. The van der Waals surface area contributed by atoms with Gasteiger partial charge in [0.05, 0.1) is 34.3 Å². The van der Waals surface area contributed by atoms with Crippen molar-refractivity contribution in [1.82, 2.24) is 84.8 Å². The van der Waals surface area contributed by atoms with Crippen molar-refractivity contribution in [3.63, 3.8) is 0 Å². The molecule has 578 valence electrons. The van der Waals surface area contributed by atoms with Crippen LogP contribution in [0.4, 0.5) is 22.2 Å². The van der Waals surface area contributed by atoms with Crippen molar-refractivity contribution in [1.29, 1.82) is 0 Å². The third-order valence-electron chi connectivity index (χ3n) is 19.5. The minimum absolute atomic E-state index is 0. The van der Waals surface area contributed by atoms with Crippen molar-refractivity contribution >= 4 is 126 Å². The number of benzene rings is 3. The molecule has 0 unspecified atom stereocenters. The van der Waals surface area contributed by atoms with E-state index in [0.29, 0.717) is 76.1 Å². The van der Waals surface area contributed by atoms with Crippen molar-refractivity contribution in [2.45, 2.75) is 146 Å². The monoisotopic (exact) mass is 1530 g/mol. The van der Waals surface area contributed by atoms with Crippen molar-refractivity contribution < 1.29 is 22.8 Å². The molecule has 12 aromatic rings. The Labute approximate surface area is 639 Å². The van der Waals surface area contributed by atoms with Crippen molar-refractivity contribution in [3.8, 4) is 34.4 Å². The van der Waals surface area contributed by atoms with E-state index in [4.69, 9.17) is 51.9 Å². The maximum Gasteiger partial charge on any atom is 0.410 e. The number of carbonyl (C=O) groups excluding carboxylic acids is 1. The van der Waals surface area contributed by atoms with Gasteiger partial charge in [-0.1, -0.05) is 49.7 Å². The largest absolute Gasteiger partial charge is 0.454 e. The van der Waals surface area contributed by atoms with Crippen LogP contribution in [-0.2, 0) is 4.74 Å². The molecule has 0 atom stereocenters. The number of fused-ring (bicyclic) bond motifs is 6. The minimum Gasteiger partial charge on any atom is -0.454 e. The zero-order chi connectivity index (χ0) is 73.5. The Bertz CT molecular complexity index is 5280. The van der Waals surface area contributed by atoms with Gasteiger partial charge in [0.15, 0.2) is 51.3 Å². The van der Waals surface area contributed by atoms with Gasteiger partial charge in [-0.3, -0.25) is 28.4 Å². The number of nitrogen functional groups attached to an aromatic ring is 3. The van der Waals surface area contributed by atoms with E-state index in [2.05, 4.69) is 102 Å². The maximum absolute atomic E-state index is 12.6. The first-order chi connectivity index (χ1) is 49.2. The molecule has 10 N–H and O–H groups in total. The molecule has 3 aromatic carbocycles. The first kappa shape index (κ1) is 83.3. The number of rotatable bonds is 12. The number of aromatic amines is 3. The smallest absolute Gasteiger partial charge is 0.410 e. The number of aryl methyl sites for hydroxylation is 6. The Hall–Kier alpha value is -9.29. The minimum atomic E-state index is -0.552. The summed E-state index contributed by atoms with van der Waals surface area (Å²) in [5, 5.41) is 41.6. The molecule has 0 bridgehead atoms. The molecule has 0 saturated carbocycles. The average Bonchev–Trinajstić information content (AvgIpc) is 1.60. The summed E-state index contributed by atoms with van der Waals surface area (Å²) in [6.45, 7) is 25.8. The molecule has 0 spiro atoms. The Balaban J connectivity index is 0.000000192. The molecule has 31 heteroatoms. The summed E-state index contributed by atoms with van der Waals surface area (Å²) in [5.41, 5.74) is 28.8. The van der Waals surface area contributed by atoms with E-state index in [1.807, 2.05) is 118 Å². The fraction of sp³-hybridized carbons (Fsp3) is 0.474. The van der Waals surface area contributed by atoms with Crippen molar-refractivity contribution in [3.05, 3.63) is 119 Å². The van der Waals surface area contributed by atoms with Gasteiger partial charge >= 0.3 is 6.09 Å². The molecule has 3 saturated heterocycles. The normalized spacial score (nSPS) is 14.7. The molecular weight excluding hydrogens is 1430 g/mol. The molecule has 28 nitrogen and oxygen atoms in total. The zero-order valence-corrected chi connectivity index (χ0v) is 64.3. The van der Waals surface area contributed by atoms with E-state index in [0.717, 1.165) is 156 Å². The van der Waals surface area contributed by atoms with Crippen LogP contribution in [0.2, 0.25) is 0 Å². The third kappa shape index (κ3) is 17.5. The SMILES string of the molecule is C.C.CN(C)CCCl.Cc1ccc2oc(-c3c4c(N)n[nH]c(=O)c4nn3C3CCN(C(=O)OC(C)(C)C)CC3)c(C)c2c1.Cc1ccc2oc(-c3c4c(N)n[nH]c(=O)c4nn3C3CCN(CCCN(C)C)CC3)c(C)c2c1.Cc1ccc2oc(-c3c4c(N)n[nH]c(=O)c4nn3C3CCNCC3)c(C)c2c1.Cl.Cl. The number of halogens is 3. The summed E-state index contributed by atoms with van der Waals surface area (Å²) in [6, 6.07) is 18.5. The number of ether oxygens (including phenoxy) is 1. The van der Waals surface area contributed by atoms with Crippen molar-refractivity contribution in [2.24, 2.45) is 0 Å². The van der Waals surface area contributed by atoms with Crippen LogP contribution in [0.25, 0.3) is 100.0 Å². The van der Waals surface area contributed by atoms with Gasteiger partial charge in [-0.15, -0.1) is 36.4 Å². The predicted molar refractivity (Wildman–Crippen MR) is 434 cm³/mol. The average molecular weight is 1530 g/mol. The predicted octanol–water partition coefficient (Wildman–Crippen LogP) is 13.2. The number of nitrogens with two attached hydrogens (primary N) is 3. The molecule has 0 radical (unpaired) electrons. The van der Waals surface area contributed by atoms with Crippen LogP contribution in [0, 0.1) is 41.5 Å². The Morgan fingerprint density at radius 2 is 0.879 bits per heavy atom. The topological polar surface area (TPSA) is 359 Å². The maximum atomic E-state index is 12.6. The number of alkyl halides is 1. The van der Waals surface area contributed by atoms with Crippen LogP contribution in [0.5, 0.6) is 0 Å². The van der Waals surface area contributed by atoms with E-state index in [1.165, 1.54) is 5.56 Å². The molecule has 0 aliphatic carbocycles. The highest BCUT2D eigenvalue weighted by Crippen LogP contribution is 2.44. The summed E-state index contributed by atoms with van der Waals surface area (Å²) >= 11 is 5.35. The third-order valence-corrected chi connectivity index (χ3v) is 19.7. The van der Waals surface area contributed by atoms with Gasteiger partial charge in [0.2, 0.25) is 0 Å². The number of hydrogen-bond donors (Lipinski definition) is 7. The quantitative estimate of drug-likeness (QED) is 0.0559. The van der Waals surface area contributed by atoms with Gasteiger partial charge in [0, 0.05) is 71.5 Å². The van der Waals surface area contributed by atoms with E-state index in [-0.39, 0.29) is 98.0 Å². The van der Waals surface area contributed by atoms with Crippen LogP contribution >= 0.6 is 36.4 Å². The fourth-order valence-electron chi connectivity index (χ4n) is 14.1. The van der Waals surface area contributed by atoms with Crippen LogP contribution in [0.1, 0.15) is 132 Å². The number of H-pyrrole nitrogens is 3. The van der Waals surface area contributed by atoms with E-state index in [1.54, 1.807) is 4.90 Å². The first-order valence-electron chi connectivity index (χ1n) is 35.2. The van der Waals surface area contributed by atoms with Gasteiger partial charge in [-0.05, 0) is 198 Å². The lowest BCUT2D eigenvalue weighted by atomic mass is 10.0. The highest BCUT2D eigenvalue weighted by Gasteiger charge is 2.35. The summed E-state index contributed by atoms with van der Waals surface area (Å²) in [6.07, 6.45) is 5.86. The lowest BCUT2D eigenvalue weighted by Crippen LogP contribution is -2.42. The van der Waals surface area contributed by atoms with Gasteiger partial charge in [0.25, 0.3) is 16.7 Å². The number of nitrogens with zero attached hydrogens (tertiary/aromatic N) is 13. The fourth-order valence-corrected chi connectivity index (χ4v) is 14.5. The number of furan rings is 3. The number of likely N-dealkylation sites (tertiary alicyclic amines) is 2. The Kier molecular flexibility index (Phi) is 27.1. The molecule has 12 heterocycles. The number of amides is 1. The van der Waals surface area contributed by atoms with Gasteiger partial charge in [-0.2, -0.15) is 30.6 Å². The molecular formula is C76H105Cl3N20O8. The van der Waals surface area contributed by atoms with Crippen LogP contribution in [0.3, 0.4) is 0 Å². The van der Waals surface area contributed by atoms with Crippen LogP contribution in [0.15, 0.2) is 82.2 Å². The van der Waals surface area contributed by atoms with Gasteiger partial charge < -0.3 is 60.1 Å². The first-order valence-corrected chi connectivity index (χ1v) is 35.8. The molecule has 1 amide bonds. The highest BCUT2D eigenvalue weighted by atomic mass is 35.5. The molecule has 3 aliphatic heterocycles. The van der Waals surface area contributed by atoms with Gasteiger partial charge in [0.1, 0.15) is 39.4 Å². The summed E-state index contributed by atoms with van der Waals surface area (Å²) in [5.74, 6) is 3.43. The molecule has 107 heavy (non-hydrogen) atoms. The summed E-state index contributed by atoms with van der Waals surface area (Å²) in [4.78, 5) is 58.7. The van der Waals surface area contributed by atoms with Crippen LogP contribution < -0.4 is 39.2 Å². The number of anilines is 3. The molecule has 3 aliphatic rings. The van der Waals surface area contributed by atoms with E-state index in [9.17, 15) is 19.2 Å². The van der Waals surface area contributed by atoms with Gasteiger partial charge in [-0.25, -0.2) is 20.1 Å². The second kappa shape index (κ2) is 34.7. The molecule has 9 aromatic heterocycles. The molecule has 3 fully saturated rings. The lowest BCUT2D eigenvalue weighted by molar-refractivity contribution is 0.0185.